The van der Waals surface area contributed by atoms with E-state index in [1.165, 1.54) is 6.92 Å². The first kappa shape index (κ1) is 23.1. The van der Waals surface area contributed by atoms with Crippen molar-refractivity contribution >= 4 is 23.2 Å². The number of amides is 2. The van der Waals surface area contributed by atoms with Gasteiger partial charge in [0.15, 0.2) is 11.5 Å². The Morgan fingerprint density at radius 2 is 1.65 bits per heavy atom. The molecule has 34 heavy (non-hydrogen) atoms. The molecule has 4 rings (SSSR count). The number of benzene rings is 3. The molecule has 0 atom stereocenters. The number of carbonyl (C=O) groups is 2. The molecule has 8 heteroatoms. The molecule has 0 fully saturated rings. The van der Waals surface area contributed by atoms with E-state index in [4.69, 9.17) is 14.2 Å². The predicted octanol–water partition coefficient (Wildman–Crippen LogP) is 3.97. The normalized spacial score (nSPS) is 12.1. The second kappa shape index (κ2) is 10.7. The summed E-state index contributed by atoms with van der Waals surface area (Å²) in [5.74, 6) is 1.55. The molecule has 3 N–H and O–H groups in total. The van der Waals surface area contributed by atoms with E-state index in [0.717, 1.165) is 22.6 Å². The Labute approximate surface area is 198 Å². The van der Waals surface area contributed by atoms with Crippen LogP contribution in [0.25, 0.3) is 0 Å². The highest BCUT2D eigenvalue weighted by Gasteiger charge is 2.14. The van der Waals surface area contributed by atoms with Crippen molar-refractivity contribution in [2.24, 2.45) is 0 Å². The summed E-state index contributed by atoms with van der Waals surface area (Å²) in [6, 6.07) is 18.3. The lowest BCUT2D eigenvalue weighted by Crippen LogP contribution is -2.18. The summed E-state index contributed by atoms with van der Waals surface area (Å²) in [6.07, 6.45) is 0. The second-order valence-electron chi connectivity index (χ2n) is 7.84. The van der Waals surface area contributed by atoms with Crippen LogP contribution in [0, 0.1) is 0 Å². The maximum Gasteiger partial charge on any atom is 0.255 e. The summed E-state index contributed by atoms with van der Waals surface area (Å²) in [4.78, 5) is 24.6. The number of para-hydroxylation sites is 2. The van der Waals surface area contributed by atoms with Crippen molar-refractivity contribution in [3.8, 4) is 17.2 Å². The van der Waals surface area contributed by atoms with E-state index in [2.05, 4.69) is 16.0 Å². The largest absolute Gasteiger partial charge is 0.495 e. The van der Waals surface area contributed by atoms with Crippen molar-refractivity contribution in [1.82, 2.24) is 5.32 Å². The number of rotatable bonds is 8. The molecular weight excluding hydrogens is 434 g/mol. The fraction of sp³-hybridized carbons (Fsp3) is 0.231. The van der Waals surface area contributed by atoms with Crippen molar-refractivity contribution in [3.63, 3.8) is 0 Å². The van der Waals surface area contributed by atoms with Crippen LogP contribution in [0.4, 0.5) is 11.4 Å². The third kappa shape index (κ3) is 5.85. The average molecular weight is 462 g/mol. The van der Waals surface area contributed by atoms with Gasteiger partial charge in [-0.15, -0.1) is 0 Å². The van der Waals surface area contributed by atoms with Crippen LogP contribution in [0.5, 0.6) is 17.2 Å². The maximum absolute atomic E-state index is 13.0. The quantitative estimate of drug-likeness (QED) is 0.470. The van der Waals surface area contributed by atoms with E-state index < -0.39 is 0 Å². The minimum absolute atomic E-state index is 0.211. The van der Waals surface area contributed by atoms with Crippen molar-refractivity contribution in [2.75, 3.05) is 31.0 Å². The van der Waals surface area contributed by atoms with Crippen molar-refractivity contribution in [3.05, 3.63) is 77.4 Å². The zero-order chi connectivity index (χ0) is 23.9. The lowest BCUT2D eigenvalue weighted by atomic mass is 10.1. The van der Waals surface area contributed by atoms with Crippen LogP contribution in [0.2, 0.25) is 0 Å². The van der Waals surface area contributed by atoms with E-state index in [0.29, 0.717) is 49.0 Å². The predicted molar refractivity (Wildman–Crippen MR) is 130 cm³/mol. The summed E-state index contributed by atoms with van der Waals surface area (Å²) < 4.78 is 16.5. The number of hydrogen-bond acceptors (Lipinski definition) is 6. The first-order valence-corrected chi connectivity index (χ1v) is 11.0. The Morgan fingerprint density at radius 1 is 0.882 bits per heavy atom. The minimum Gasteiger partial charge on any atom is -0.495 e. The van der Waals surface area contributed by atoms with Gasteiger partial charge < -0.3 is 30.2 Å². The fourth-order valence-corrected chi connectivity index (χ4v) is 3.69. The number of fused-ring (bicyclic) bond motifs is 1. The van der Waals surface area contributed by atoms with Crippen molar-refractivity contribution in [2.45, 2.75) is 20.0 Å². The molecule has 0 bridgehead atoms. The van der Waals surface area contributed by atoms with E-state index in [1.807, 2.05) is 36.4 Å². The SMILES string of the molecule is COc1ccccc1NC(=O)c1cc(CNCc2ccc3c(c2)OCCO3)cc(NC(C)=O)c1. The number of nitrogens with one attached hydrogen (secondary N) is 3. The zero-order valence-corrected chi connectivity index (χ0v) is 19.1. The van der Waals surface area contributed by atoms with Gasteiger partial charge in [-0.05, 0) is 53.6 Å². The van der Waals surface area contributed by atoms with Crippen LogP contribution in [0.15, 0.2) is 60.7 Å². The van der Waals surface area contributed by atoms with Crippen molar-refractivity contribution < 1.29 is 23.8 Å². The summed E-state index contributed by atoms with van der Waals surface area (Å²) in [7, 11) is 1.55. The Bertz CT molecular complexity index is 1190. The van der Waals surface area contributed by atoms with Gasteiger partial charge in [-0.1, -0.05) is 18.2 Å². The molecule has 1 heterocycles. The van der Waals surface area contributed by atoms with Gasteiger partial charge in [0.1, 0.15) is 19.0 Å². The lowest BCUT2D eigenvalue weighted by molar-refractivity contribution is -0.114. The molecule has 3 aromatic rings. The molecule has 0 aromatic heterocycles. The summed E-state index contributed by atoms with van der Waals surface area (Å²) >= 11 is 0. The van der Waals surface area contributed by atoms with Crippen molar-refractivity contribution in [1.29, 1.82) is 0 Å². The molecular formula is C26H27N3O5. The van der Waals surface area contributed by atoms with Crippen LogP contribution in [-0.2, 0) is 17.9 Å². The molecule has 3 aromatic carbocycles. The lowest BCUT2D eigenvalue weighted by Gasteiger charge is -2.19. The maximum atomic E-state index is 13.0. The van der Waals surface area contributed by atoms with Gasteiger partial charge in [-0.25, -0.2) is 0 Å². The molecule has 2 amide bonds. The highest BCUT2D eigenvalue weighted by atomic mass is 16.6. The van der Waals surface area contributed by atoms with E-state index >= 15 is 0 Å². The molecule has 0 saturated carbocycles. The van der Waals surface area contributed by atoms with Gasteiger partial charge in [-0.3, -0.25) is 9.59 Å². The third-order valence-electron chi connectivity index (χ3n) is 5.20. The van der Waals surface area contributed by atoms with Gasteiger partial charge in [0.05, 0.1) is 12.8 Å². The van der Waals surface area contributed by atoms with E-state index in [9.17, 15) is 9.59 Å². The number of carbonyl (C=O) groups excluding carboxylic acids is 2. The third-order valence-corrected chi connectivity index (χ3v) is 5.20. The first-order valence-electron chi connectivity index (χ1n) is 11.0. The number of methoxy groups -OCH3 is 1. The van der Waals surface area contributed by atoms with Crippen LogP contribution >= 0.6 is 0 Å². The van der Waals surface area contributed by atoms with Crippen LogP contribution in [-0.4, -0.2) is 32.1 Å². The Hall–Kier alpha value is -4.04. The summed E-state index contributed by atoms with van der Waals surface area (Å²) in [6.45, 7) is 3.63. The molecule has 0 spiro atoms. The summed E-state index contributed by atoms with van der Waals surface area (Å²) in [5, 5.41) is 9.02. The fourth-order valence-electron chi connectivity index (χ4n) is 3.69. The number of anilines is 2. The molecule has 176 valence electrons. The standard InChI is InChI=1S/C26H27N3O5/c1-17(30)28-21-12-19(16-27-15-18-7-8-24-25(13-18)34-10-9-33-24)11-20(14-21)26(31)29-22-5-3-4-6-23(22)32-2/h3-8,11-14,27H,9-10,15-16H2,1-2H3,(H,28,30)(H,29,31). The monoisotopic (exact) mass is 461 g/mol. The topological polar surface area (TPSA) is 97.9 Å². The highest BCUT2D eigenvalue weighted by Crippen LogP contribution is 2.30. The molecule has 0 aliphatic carbocycles. The minimum atomic E-state index is -0.301. The summed E-state index contributed by atoms with van der Waals surface area (Å²) in [5.41, 5.74) is 3.45. The first-order chi connectivity index (χ1) is 16.5. The van der Waals surface area contributed by atoms with Gasteiger partial charge in [0.25, 0.3) is 5.91 Å². The Kier molecular flexibility index (Phi) is 7.29. The molecule has 1 aliphatic heterocycles. The second-order valence-corrected chi connectivity index (χ2v) is 7.84. The molecule has 0 radical (unpaired) electrons. The van der Waals surface area contributed by atoms with Crippen LogP contribution in [0.3, 0.4) is 0 Å². The van der Waals surface area contributed by atoms with Gasteiger partial charge in [-0.2, -0.15) is 0 Å². The molecule has 0 saturated heterocycles. The van der Waals surface area contributed by atoms with Gasteiger partial charge in [0, 0.05) is 31.3 Å². The Morgan fingerprint density at radius 3 is 2.44 bits per heavy atom. The highest BCUT2D eigenvalue weighted by molar-refractivity contribution is 6.06. The van der Waals surface area contributed by atoms with Gasteiger partial charge in [0.2, 0.25) is 5.91 Å². The Balaban J connectivity index is 1.47. The number of ether oxygens (including phenoxy) is 3. The smallest absolute Gasteiger partial charge is 0.255 e. The zero-order valence-electron chi connectivity index (χ0n) is 19.1. The molecule has 1 aliphatic rings. The van der Waals surface area contributed by atoms with Gasteiger partial charge >= 0.3 is 0 Å². The van der Waals surface area contributed by atoms with E-state index in [-0.39, 0.29) is 11.8 Å². The van der Waals surface area contributed by atoms with Crippen LogP contribution in [0.1, 0.15) is 28.4 Å². The van der Waals surface area contributed by atoms with Crippen LogP contribution < -0.4 is 30.2 Å². The molecule has 0 unspecified atom stereocenters. The van der Waals surface area contributed by atoms with E-state index in [1.54, 1.807) is 31.4 Å². The number of hydrogen-bond donors (Lipinski definition) is 3. The molecule has 8 nitrogen and oxygen atoms in total. The average Bonchev–Trinajstić information content (AvgIpc) is 2.83.